The van der Waals surface area contributed by atoms with Gasteiger partial charge in [-0.1, -0.05) is 29.8 Å². The van der Waals surface area contributed by atoms with Crippen molar-refractivity contribution >= 4 is 23.3 Å². The summed E-state index contributed by atoms with van der Waals surface area (Å²) in [5.74, 6) is 0.762. The number of rotatable bonds is 7. The Kier molecular flexibility index (Phi) is 7.59. The van der Waals surface area contributed by atoms with Gasteiger partial charge >= 0.3 is 0 Å². The number of piperazine rings is 1. The molecule has 0 aliphatic carbocycles. The van der Waals surface area contributed by atoms with Gasteiger partial charge in [0.2, 0.25) is 5.91 Å². The van der Waals surface area contributed by atoms with Gasteiger partial charge in [-0.25, -0.2) is 4.98 Å². The van der Waals surface area contributed by atoms with Crippen LogP contribution in [-0.2, 0) is 4.79 Å². The van der Waals surface area contributed by atoms with Gasteiger partial charge in [0.05, 0.1) is 18.2 Å². The van der Waals surface area contributed by atoms with E-state index in [0.29, 0.717) is 18.7 Å². The first-order valence-electron chi connectivity index (χ1n) is 11.2. The van der Waals surface area contributed by atoms with Gasteiger partial charge in [0, 0.05) is 43.9 Å². The standard InChI is InChI=1S/C24H29ClN6O/c25-21-8-2-1-7-20(21)22(30-10-3-4-11-30)17-28-23(32)18-29-12-14-31(15-13-29)24-19(16-26)6-5-9-27-24/h1-2,5-9,22H,3-4,10-15,17-18H2,(H,28,32). The van der Waals surface area contributed by atoms with E-state index in [1.807, 2.05) is 18.2 Å². The molecular weight excluding hydrogens is 424 g/mol. The average Bonchev–Trinajstić information content (AvgIpc) is 3.35. The lowest BCUT2D eigenvalue weighted by atomic mass is 10.1. The third kappa shape index (κ3) is 5.39. The molecule has 1 atom stereocenters. The van der Waals surface area contributed by atoms with Gasteiger partial charge in [0.15, 0.2) is 0 Å². The minimum absolute atomic E-state index is 0.0326. The van der Waals surface area contributed by atoms with Crippen molar-refractivity contribution < 1.29 is 4.79 Å². The van der Waals surface area contributed by atoms with Crippen LogP contribution in [0.2, 0.25) is 5.02 Å². The number of nitriles is 1. The molecule has 32 heavy (non-hydrogen) atoms. The summed E-state index contributed by atoms with van der Waals surface area (Å²) >= 11 is 6.48. The average molecular weight is 453 g/mol. The predicted octanol–water partition coefficient (Wildman–Crippen LogP) is 2.68. The Labute approximate surface area is 194 Å². The molecule has 2 fully saturated rings. The van der Waals surface area contributed by atoms with Crippen molar-refractivity contribution in [1.29, 1.82) is 5.26 Å². The SMILES string of the molecule is N#Cc1cccnc1N1CCN(CC(=O)NCC(c2ccccc2Cl)N2CCCC2)CC1. The van der Waals surface area contributed by atoms with E-state index in [0.717, 1.165) is 55.7 Å². The van der Waals surface area contributed by atoms with Crippen molar-refractivity contribution in [3.05, 3.63) is 58.7 Å². The fourth-order valence-corrected chi connectivity index (χ4v) is 4.82. The zero-order valence-corrected chi connectivity index (χ0v) is 19.0. The van der Waals surface area contributed by atoms with E-state index >= 15 is 0 Å². The lowest BCUT2D eigenvalue weighted by Gasteiger charge is -2.35. The maximum atomic E-state index is 12.7. The van der Waals surface area contributed by atoms with Crippen molar-refractivity contribution in [3.63, 3.8) is 0 Å². The van der Waals surface area contributed by atoms with E-state index in [1.54, 1.807) is 18.3 Å². The summed E-state index contributed by atoms with van der Waals surface area (Å²) < 4.78 is 0. The molecule has 168 valence electrons. The number of hydrogen-bond acceptors (Lipinski definition) is 6. The highest BCUT2D eigenvalue weighted by atomic mass is 35.5. The van der Waals surface area contributed by atoms with Crippen LogP contribution in [0.25, 0.3) is 0 Å². The predicted molar refractivity (Wildman–Crippen MR) is 126 cm³/mol. The number of likely N-dealkylation sites (tertiary alicyclic amines) is 1. The molecule has 3 heterocycles. The minimum Gasteiger partial charge on any atom is -0.353 e. The van der Waals surface area contributed by atoms with E-state index in [1.165, 1.54) is 12.8 Å². The zero-order chi connectivity index (χ0) is 22.3. The van der Waals surface area contributed by atoms with Crippen LogP contribution in [0.5, 0.6) is 0 Å². The van der Waals surface area contributed by atoms with E-state index < -0.39 is 0 Å². The van der Waals surface area contributed by atoms with Gasteiger partial charge in [0.1, 0.15) is 11.9 Å². The largest absolute Gasteiger partial charge is 0.353 e. The van der Waals surface area contributed by atoms with Crippen molar-refractivity contribution in [3.8, 4) is 6.07 Å². The minimum atomic E-state index is 0.0326. The number of carbonyl (C=O) groups is 1. The molecule has 2 aliphatic heterocycles. The fraction of sp³-hybridized carbons (Fsp3) is 0.458. The molecule has 2 saturated heterocycles. The summed E-state index contributed by atoms with van der Waals surface area (Å²) in [6, 6.07) is 13.8. The first-order valence-corrected chi connectivity index (χ1v) is 11.6. The number of nitrogens with zero attached hydrogens (tertiary/aromatic N) is 5. The molecule has 1 unspecified atom stereocenters. The van der Waals surface area contributed by atoms with Crippen LogP contribution < -0.4 is 10.2 Å². The van der Waals surface area contributed by atoms with Crippen molar-refractivity contribution in [2.45, 2.75) is 18.9 Å². The van der Waals surface area contributed by atoms with E-state index in [9.17, 15) is 10.1 Å². The van der Waals surface area contributed by atoms with Gasteiger partial charge in [0.25, 0.3) is 0 Å². The molecule has 0 saturated carbocycles. The highest BCUT2D eigenvalue weighted by Crippen LogP contribution is 2.29. The summed E-state index contributed by atoms with van der Waals surface area (Å²) in [4.78, 5) is 23.8. The smallest absolute Gasteiger partial charge is 0.234 e. The summed E-state index contributed by atoms with van der Waals surface area (Å²) in [5.41, 5.74) is 1.67. The van der Waals surface area contributed by atoms with Crippen LogP contribution in [-0.4, -0.2) is 73.0 Å². The first kappa shape index (κ1) is 22.5. The van der Waals surface area contributed by atoms with Crippen molar-refractivity contribution in [1.82, 2.24) is 20.1 Å². The topological polar surface area (TPSA) is 75.5 Å². The number of amides is 1. The molecular formula is C24H29ClN6O. The maximum absolute atomic E-state index is 12.7. The van der Waals surface area contributed by atoms with Crippen molar-refractivity contribution in [2.75, 3.05) is 57.3 Å². The zero-order valence-electron chi connectivity index (χ0n) is 18.2. The molecule has 4 rings (SSSR count). The van der Waals surface area contributed by atoms with Gasteiger partial charge in [-0.15, -0.1) is 0 Å². The monoisotopic (exact) mass is 452 g/mol. The Balaban J connectivity index is 1.30. The number of benzene rings is 1. The first-order chi connectivity index (χ1) is 15.7. The number of pyridine rings is 1. The summed E-state index contributed by atoms with van der Waals surface area (Å²) in [7, 11) is 0. The molecule has 2 aliphatic rings. The Morgan fingerprint density at radius 1 is 1.09 bits per heavy atom. The van der Waals surface area contributed by atoms with Crippen LogP contribution in [0, 0.1) is 11.3 Å². The number of nitrogens with one attached hydrogen (secondary N) is 1. The Morgan fingerprint density at radius 3 is 2.56 bits per heavy atom. The second-order valence-electron chi connectivity index (χ2n) is 8.33. The third-order valence-electron chi connectivity index (χ3n) is 6.28. The number of anilines is 1. The number of aromatic nitrogens is 1. The molecule has 1 aromatic carbocycles. The normalized spacial score (nSPS) is 18.3. The summed E-state index contributed by atoms with van der Waals surface area (Å²) in [6.45, 7) is 6.00. The molecule has 8 heteroatoms. The Morgan fingerprint density at radius 2 is 1.84 bits per heavy atom. The van der Waals surface area contributed by atoms with Gasteiger partial charge < -0.3 is 10.2 Å². The van der Waals surface area contributed by atoms with Crippen LogP contribution in [0.15, 0.2) is 42.6 Å². The Hall–Kier alpha value is -2.66. The molecule has 0 radical (unpaired) electrons. The van der Waals surface area contributed by atoms with Crippen molar-refractivity contribution in [2.24, 2.45) is 0 Å². The lowest BCUT2D eigenvalue weighted by molar-refractivity contribution is -0.122. The van der Waals surface area contributed by atoms with Gasteiger partial charge in [-0.3, -0.25) is 14.6 Å². The summed E-state index contributed by atoms with van der Waals surface area (Å²) in [5, 5.41) is 13.2. The highest BCUT2D eigenvalue weighted by Gasteiger charge is 2.26. The highest BCUT2D eigenvalue weighted by molar-refractivity contribution is 6.31. The number of carbonyl (C=O) groups excluding carboxylic acids is 1. The molecule has 1 aromatic heterocycles. The van der Waals surface area contributed by atoms with E-state index in [2.05, 4.69) is 37.1 Å². The maximum Gasteiger partial charge on any atom is 0.234 e. The van der Waals surface area contributed by atoms with Crippen LogP contribution in [0.1, 0.15) is 30.0 Å². The molecule has 7 nitrogen and oxygen atoms in total. The number of halogens is 1. The number of hydrogen-bond donors (Lipinski definition) is 1. The molecule has 0 bridgehead atoms. The summed E-state index contributed by atoms with van der Waals surface area (Å²) in [6.07, 6.45) is 4.08. The van der Waals surface area contributed by atoms with Crippen LogP contribution >= 0.6 is 11.6 Å². The molecule has 1 amide bonds. The fourth-order valence-electron chi connectivity index (χ4n) is 4.56. The molecule has 0 spiro atoms. The second kappa shape index (κ2) is 10.8. The second-order valence-corrected chi connectivity index (χ2v) is 8.74. The Bertz CT molecular complexity index is 963. The van der Waals surface area contributed by atoms with Gasteiger partial charge in [-0.2, -0.15) is 5.26 Å². The van der Waals surface area contributed by atoms with Crippen LogP contribution in [0.3, 0.4) is 0 Å². The van der Waals surface area contributed by atoms with Gasteiger partial charge in [-0.05, 0) is 49.7 Å². The van der Waals surface area contributed by atoms with E-state index in [-0.39, 0.29) is 11.9 Å². The third-order valence-corrected chi connectivity index (χ3v) is 6.63. The van der Waals surface area contributed by atoms with E-state index in [4.69, 9.17) is 11.6 Å². The quantitative estimate of drug-likeness (QED) is 0.696. The van der Waals surface area contributed by atoms with Crippen LogP contribution in [0.4, 0.5) is 5.82 Å². The molecule has 2 aromatic rings. The lowest BCUT2D eigenvalue weighted by Crippen LogP contribution is -2.50. The molecule has 1 N–H and O–H groups in total.